The maximum atomic E-state index is 12.1. The second-order valence-corrected chi connectivity index (χ2v) is 8.22. The first-order valence-electron chi connectivity index (χ1n) is 5.84. The molecule has 0 saturated carbocycles. The lowest BCUT2D eigenvalue weighted by molar-refractivity contribution is 0.0192. The Morgan fingerprint density at radius 3 is 2.42 bits per heavy atom. The highest BCUT2D eigenvalue weighted by Crippen LogP contribution is 2.35. The van der Waals surface area contributed by atoms with Crippen molar-refractivity contribution in [1.29, 1.82) is 0 Å². The predicted molar refractivity (Wildman–Crippen MR) is 75.2 cm³/mol. The number of hydrogen-bond acceptors (Lipinski definition) is 6. The third-order valence-electron chi connectivity index (χ3n) is 2.90. The molecule has 9 heteroatoms. The molecule has 19 heavy (non-hydrogen) atoms. The van der Waals surface area contributed by atoms with E-state index in [0.29, 0.717) is 0 Å². The molecule has 112 valence electrons. The fourth-order valence-corrected chi connectivity index (χ4v) is 3.77. The number of hydrogen-bond donors (Lipinski definition) is 3. The van der Waals surface area contributed by atoms with Crippen molar-refractivity contribution in [3.8, 4) is 0 Å². The van der Waals surface area contributed by atoms with Gasteiger partial charge in [0.05, 0.1) is 0 Å². The Balaban J connectivity index is 3.14. The molecule has 0 spiro atoms. The second-order valence-electron chi connectivity index (χ2n) is 5.64. The number of primary sulfonamides is 1. The van der Waals surface area contributed by atoms with Crippen molar-refractivity contribution in [1.82, 2.24) is 4.90 Å². The minimum absolute atomic E-state index is 0.0880. The van der Waals surface area contributed by atoms with Crippen LogP contribution in [-0.4, -0.2) is 48.2 Å². The number of sulfonamides is 1. The molecule has 1 aliphatic rings. The third-order valence-corrected chi connectivity index (χ3v) is 4.86. The number of carbonyl (C=O) groups is 1. The summed E-state index contributed by atoms with van der Waals surface area (Å²) >= 11 is 4.23. The van der Waals surface area contributed by atoms with Gasteiger partial charge in [0, 0.05) is 24.8 Å². The molecule has 1 heterocycles. The van der Waals surface area contributed by atoms with Crippen LogP contribution in [0.4, 0.5) is 4.79 Å². The number of nitrogens with zero attached hydrogens (tertiary/aromatic N) is 1. The van der Waals surface area contributed by atoms with Crippen LogP contribution in [0.5, 0.6) is 0 Å². The Labute approximate surface area is 119 Å². The second kappa shape index (κ2) is 5.12. The van der Waals surface area contributed by atoms with Gasteiger partial charge in [-0.25, -0.2) is 18.4 Å². The van der Waals surface area contributed by atoms with E-state index in [4.69, 9.17) is 15.6 Å². The summed E-state index contributed by atoms with van der Waals surface area (Å²) in [5.74, 6) is 0. The molecule has 1 saturated heterocycles. The van der Waals surface area contributed by atoms with E-state index in [1.165, 1.54) is 0 Å². The van der Waals surface area contributed by atoms with Crippen molar-refractivity contribution >= 4 is 28.7 Å². The van der Waals surface area contributed by atoms with Crippen molar-refractivity contribution in [3.63, 3.8) is 0 Å². The van der Waals surface area contributed by atoms with Crippen molar-refractivity contribution in [2.75, 3.05) is 13.1 Å². The smallest absolute Gasteiger partial charge is 0.411 e. The summed E-state index contributed by atoms with van der Waals surface area (Å²) in [7, 11) is -4.05. The molecule has 0 aromatic rings. The van der Waals surface area contributed by atoms with E-state index >= 15 is 0 Å². The first-order chi connectivity index (χ1) is 8.43. The van der Waals surface area contributed by atoms with E-state index in [-0.39, 0.29) is 24.8 Å². The van der Waals surface area contributed by atoms with E-state index in [0.717, 1.165) is 4.90 Å². The van der Waals surface area contributed by atoms with Crippen LogP contribution in [0.1, 0.15) is 27.2 Å². The summed E-state index contributed by atoms with van der Waals surface area (Å²) in [6.45, 7) is 4.93. The summed E-state index contributed by atoms with van der Waals surface area (Å²) < 4.78 is 28.9. The fraction of sp³-hybridized carbons (Fsp3) is 0.900. The van der Waals surface area contributed by atoms with Gasteiger partial charge in [-0.05, 0) is 20.8 Å². The maximum absolute atomic E-state index is 12.1. The summed E-state index contributed by atoms with van der Waals surface area (Å²) in [6.07, 6.45) is -0.659. The average Bonchev–Trinajstić information content (AvgIpc) is 2.53. The van der Waals surface area contributed by atoms with E-state index in [1.807, 2.05) is 0 Å². The molecule has 2 atom stereocenters. The maximum Gasteiger partial charge on any atom is 0.411 e. The highest BCUT2D eigenvalue weighted by molar-refractivity contribution is 7.90. The van der Waals surface area contributed by atoms with E-state index in [1.54, 1.807) is 20.8 Å². The molecular formula is C10H21N3O4S2. The van der Waals surface area contributed by atoms with Gasteiger partial charge >= 0.3 is 6.09 Å². The highest BCUT2D eigenvalue weighted by Gasteiger charge is 2.55. The van der Waals surface area contributed by atoms with E-state index in [2.05, 4.69) is 12.6 Å². The van der Waals surface area contributed by atoms with Crippen LogP contribution in [0, 0.1) is 0 Å². The quantitative estimate of drug-likeness (QED) is 0.614. The van der Waals surface area contributed by atoms with E-state index in [9.17, 15) is 13.2 Å². The molecule has 1 rings (SSSR count). The molecule has 0 aromatic carbocycles. The van der Waals surface area contributed by atoms with Gasteiger partial charge in [0.25, 0.3) is 0 Å². The molecule has 0 radical (unpaired) electrons. The molecule has 1 amide bonds. The zero-order valence-electron chi connectivity index (χ0n) is 11.3. The SMILES string of the molecule is CC(C)(C)OC(=O)N1C[C@@H](S)C[C@@]1(CN)S(N)(=O)=O. The largest absolute Gasteiger partial charge is 0.444 e. The van der Waals surface area contributed by atoms with Gasteiger partial charge in [-0.3, -0.25) is 4.90 Å². The van der Waals surface area contributed by atoms with Crippen molar-refractivity contribution in [2.24, 2.45) is 10.9 Å². The number of likely N-dealkylation sites (tertiary alicyclic amines) is 1. The Kier molecular flexibility index (Phi) is 4.45. The zero-order valence-corrected chi connectivity index (χ0v) is 13.0. The standard InChI is InChI=1S/C10H21N3O4S2/c1-9(2,3)17-8(14)13-5-7(18)4-10(13,6-11)19(12,15)16/h7,18H,4-6,11H2,1-3H3,(H2,12,15,16)/t7-,10-/m0/s1. The minimum atomic E-state index is -4.05. The normalized spacial score (nSPS) is 28.5. The molecule has 0 aromatic heterocycles. The minimum Gasteiger partial charge on any atom is -0.444 e. The lowest BCUT2D eigenvalue weighted by Crippen LogP contribution is -2.60. The fourth-order valence-electron chi connectivity index (χ4n) is 2.06. The molecule has 0 aliphatic carbocycles. The highest BCUT2D eigenvalue weighted by atomic mass is 32.2. The summed E-state index contributed by atoms with van der Waals surface area (Å²) in [5, 5.41) is 4.94. The van der Waals surface area contributed by atoms with Crippen LogP contribution in [-0.2, 0) is 14.8 Å². The van der Waals surface area contributed by atoms with Crippen LogP contribution in [0.2, 0.25) is 0 Å². The monoisotopic (exact) mass is 311 g/mol. The first kappa shape index (κ1) is 16.5. The van der Waals surface area contributed by atoms with Crippen LogP contribution in [0.15, 0.2) is 0 Å². The third kappa shape index (κ3) is 3.33. The number of ether oxygens (including phenoxy) is 1. The average molecular weight is 311 g/mol. The number of rotatable bonds is 2. The van der Waals surface area contributed by atoms with E-state index < -0.39 is 26.6 Å². The van der Waals surface area contributed by atoms with Crippen molar-refractivity contribution in [3.05, 3.63) is 0 Å². The molecule has 0 unspecified atom stereocenters. The number of carbonyl (C=O) groups excluding carboxylic acids is 1. The summed E-state index contributed by atoms with van der Waals surface area (Å²) in [5.41, 5.74) is 4.83. The Morgan fingerprint density at radius 2 is 2.05 bits per heavy atom. The summed E-state index contributed by atoms with van der Waals surface area (Å²) in [4.78, 5) is 11.6. The number of thiol groups is 1. The lowest BCUT2D eigenvalue weighted by atomic mass is 10.2. The van der Waals surface area contributed by atoms with Gasteiger partial charge in [-0.15, -0.1) is 0 Å². The van der Waals surface area contributed by atoms with Gasteiger partial charge in [-0.1, -0.05) is 0 Å². The molecular weight excluding hydrogens is 290 g/mol. The number of amides is 1. The van der Waals surface area contributed by atoms with Crippen LogP contribution in [0.25, 0.3) is 0 Å². The van der Waals surface area contributed by atoms with Gasteiger partial charge in [-0.2, -0.15) is 12.6 Å². The van der Waals surface area contributed by atoms with Gasteiger partial charge < -0.3 is 10.5 Å². The molecule has 7 nitrogen and oxygen atoms in total. The molecule has 0 bridgehead atoms. The van der Waals surface area contributed by atoms with Crippen molar-refractivity contribution < 1.29 is 17.9 Å². The summed E-state index contributed by atoms with van der Waals surface area (Å²) in [6, 6.07) is 0. The van der Waals surface area contributed by atoms with Crippen LogP contribution >= 0.6 is 12.6 Å². The number of nitrogens with two attached hydrogens (primary N) is 2. The molecule has 1 aliphatic heterocycles. The first-order valence-corrected chi connectivity index (χ1v) is 7.90. The van der Waals surface area contributed by atoms with Crippen LogP contribution < -0.4 is 10.9 Å². The van der Waals surface area contributed by atoms with Gasteiger partial charge in [0.1, 0.15) is 5.60 Å². The Morgan fingerprint density at radius 1 is 1.53 bits per heavy atom. The van der Waals surface area contributed by atoms with Crippen LogP contribution in [0.3, 0.4) is 0 Å². The zero-order chi connectivity index (χ0) is 15.1. The Hall–Kier alpha value is -0.510. The van der Waals surface area contributed by atoms with Gasteiger partial charge in [0.15, 0.2) is 4.87 Å². The molecule has 4 N–H and O–H groups in total. The lowest BCUT2D eigenvalue weighted by Gasteiger charge is -2.35. The topological polar surface area (TPSA) is 116 Å². The van der Waals surface area contributed by atoms with Crippen molar-refractivity contribution in [2.45, 2.75) is 42.9 Å². The molecule has 1 fully saturated rings. The van der Waals surface area contributed by atoms with Gasteiger partial charge in [0.2, 0.25) is 10.0 Å². The Bertz CT molecular complexity index is 460. The predicted octanol–water partition coefficient (Wildman–Crippen LogP) is -0.131.